The minimum absolute atomic E-state index is 0.278. The van der Waals surface area contributed by atoms with Gasteiger partial charge in [-0.05, 0) is 25.1 Å². The van der Waals surface area contributed by atoms with Crippen LogP contribution in [0.4, 0.5) is 0 Å². The Morgan fingerprint density at radius 1 is 1.46 bits per heavy atom. The van der Waals surface area contributed by atoms with Crippen LogP contribution in [0.15, 0.2) is 52.6 Å². The number of aromatic nitrogens is 4. The highest BCUT2D eigenvalue weighted by Crippen LogP contribution is 2.20. The maximum Gasteiger partial charge on any atom is 0.330 e. The lowest BCUT2D eigenvalue weighted by Crippen LogP contribution is -2.09. The molecule has 0 aliphatic heterocycles. The fraction of sp³-hybridized carbons (Fsp3) is 0.176. The monoisotopic (exact) mass is 390 g/mol. The number of hydrogen-bond acceptors (Lipinski definition) is 6. The van der Waals surface area contributed by atoms with Crippen LogP contribution in [-0.2, 0) is 9.53 Å². The van der Waals surface area contributed by atoms with Crippen molar-refractivity contribution in [2.24, 2.45) is 0 Å². The molecular weight excluding hydrogens is 376 g/mol. The predicted molar refractivity (Wildman–Crippen MR) is 101 cm³/mol. The van der Waals surface area contributed by atoms with E-state index in [4.69, 9.17) is 16.3 Å². The van der Waals surface area contributed by atoms with Crippen LogP contribution in [-0.4, -0.2) is 38.1 Å². The highest BCUT2D eigenvalue weighted by Gasteiger charge is 2.12. The second-order valence-electron chi connectivity index (χ2n) is 5.11. The van der Waals surface area contributed by atoms with Crippen molar-refractivity contribution >= 4 is 40.4 Å². The molecule has 0 bridgehead atoms. The van der Waals surface area contributed by atoms with E-state index in [0.29, 0.717) is 39.3 Å². The molecule has 3 aromatic rings. The van der Waals surface area contributed by atoms with Crippen molar-refractivity contribution < 1.29 is 9.53 Å². The summed E-state index contributed by atoms with van der Waals surface area (Å²) in [5, 5.41) is 5.62. The van der Waals surface area contributed by atoms with Gasteiger partial charge in [0.25, 0.3) is 5.56 Å². The topological polar surface area (TPSA) is 89.9 Å². The summed E-state index contributed by atoms with van der Waals surface area (Å²) in [6.07, 6.45) is 4.47. The number of esters is 1. The summed E-state index contributed by atoms with van der Waals surface area (Å²) < 4.78 is 6.37. The van der Waals surface area contributed by atoms with Crippen molar-refractivity contribution in [3.8, 4) is 5.69 Å². The Morgan fingerprint density at radius 2 is 2.31 bits per heavy atom. The molecule has 0 radical (unpaired) electrons. The third-order valence-corrected chi connectivity index (χ3v) is 4.39. The van der Waals surface area contributed by atoms with E-state index in [-0.39, 0.29) is 5.56 Å². The first kappa shape index (κ1) is 18.2. The van der Waals surface area contributed by atoms with Gasteiger partial charge in [-0.3, -0.25) is 4.79 Å². The number of carbonyl (C=O) groups is 1. The Labute approximate surface area is 158 Å². The van der Waals surface area contributed by atoms with Crippen molar-refractivity contribution in [2.45, 2.75) is 12.1 Å². The molecule has 0 saturated heterocycles. The van der Waals surface area contributed by atoms with Gasteiger partial charge in [0.15, 0.2) is 10.8 Å². The molecule has 9 heteroatoms. The lowest BCUT2D eigenvalue weighted by atomic mass is 10.3. The lowest BCUT2D eigenvalue weighted by Gasteiger charge is -2.04. The maximum atomic E-state index is 12.3. The highest BCUT2D eigenvalue weighted by molar-refractivity contribution is 7.99. The van der Waals surface area contributed by atoms with E-state index < -0.39 is 5.97 Å². The standard InChI is InChI=1S/C17H15ClN4O3S/c1-2-25-14(23)7-4-8-26-17-20-15-13(16(24)21-17)10-19-22(15)12-6-3-5-11(18)9-12/h3-7,9-10H,2,8H2,1H3,(H,20,21,24)/b7-4+. The number of carbonyl (C=O) groups excluding carboxylic acids is 1. The third-order valence-electron chi connectivity index (χ3n) is 3.33. The molecule has 0 spiro atoms. The fourth-order valence-electron chi connectivity index (χ4n) is 2.23. The van der Waals surface area contributed by atoms with Crippen molar-refractivity contribution in [1.29, 1.82) is 0 Å². The molecule has 134 valence electrons. The molecule has 0 atom stereocenters. The molecule has 7 nitrogen and oxygen atoms in total. The molecule has 3 rings (SSSR count). The first-order valence-electron chi connectivity index (χ1n) is 7.78. The Morgan fingerprint density at radius 3 is 3.08 bits per heavy atom. The van der Waals surface area contributed by atoms with Crippen LogP contribution in [0.25, 0.3) is 16.7 Å². The maximum absolute atomic E-state index is 12.3. The SMILES string of the molecule is CCOC(=O)/C=C/CSc1nc2c(cnn2-c2cccc(Cl)c2)c(=O)[nH]1. The van der Waals surface area contributed by atoms with Crippen LogP contribution in [0.1, 0.15) is 6.92 Å². The molecule has 2 aromatic heterocycles. The van der Waals surface area contributed by atoms with E-state index in [0.717, 1.165) is 0 Å². The van der Waals surface area contributed by atoms with Crippen molar-refractivity contribution in [3.63, 3.8) is 0 Å². The van der Waals surface area contributed by atoms with E-state index >= 15 is 0 Å². The zero-order valence-electron chi connectivity index (χ0n) is 13.8. The minimum atomic E-state index is -0.399. The molecule has 26 heavy (non-hydrogen) atoms. The number of fused-ring (bicyclic) bond motifs is 1. The van der Waals surface area contributed by atoms with Crippen LogP contribution in [0, 0.1) is 0 Å². The summed E-state index contributed by atoms with van der Waals surface area (Å²) >= 11 is 7.32. The normalized spacial score (nSPS) is 11.3. The minimum Gasteiger partial charge on any atom is -0.463 e. The zero-order chi connectivity index (χ0) is 18.5. The summed E-state index contributed by atoms with van der Waals surface area (Å²) in [5.74, 6) is 0.0579. The van der Waals surface area contributed by atoms with Gasteiger partial charge in [-0.15, -0.1) is 0 Å². The number of thioether (sulfide) groups is 1. The number of hydrogen-bond donors (Lipinski definition) is 1. The van der Waals surface area contributed by atoms with E-state index in [1.165, 1.54) is 24.0 Å². The van der Waals surface area contributed by atoms with Gasteiger partial charge in [0.05, 0.1) is 18.5 Å². The smallest absolute Gasteiger partial charge is 0.330 e. The van der Waals surface area contributed by atoms with Crippen LogP contribution < -0.4 is 5.56 Å². The number of rotatable bonds is 6. The molecule has 1 N–H and O–H groups in total. The third kappa shape index (κ3) is 4.14. The fourth-order valence-corrected chi connectivity index (χ4v) is 3.08. The van der Waals surface area contributed by atoms with E-state index in [9.17, 15) is 9.59 Å². The number of H-pyrrole nitrogens is 1. The first-order valence-corrected chi connectivity index (χ1v) is 9.15. The molecule has 0 fully saturated rings. The largest absolute Gasteiger partial charge is 0.463 e. The Balaban J connectivity index is 1.86. The van der Waals surface area contributed by atoms with Gasteiger partial charge in [-0.25, -0.2) is 14.5 Å². The Hall–Kier alpha value is -2.58. The number of ether oxygens (including phenoxy) is 1. The number of nitrogens with zero attached hydrogens (tertiary/aromatic N) is 3. The van der Waals surface area contributed by atoms with E-state index in [2.05, 4.69) is 15.1 Å². The van der Waals surface area contributed by atoms with E-state index in [1.807, 2.05) is 6.07 Å². The number of benzene rings is 1. The molecular formula is C17H15ClN4O3S. The summed E-state index contributed by atoms with van der Waals surface area (Å²) in [5.41, 5.74) is 0.872. The van der Waals surface area contributed by atoms with Crippen LogP contribution in [0.3, 0.4) is 0 Å². The summed E-state index contributed by atoms with van der Waals surface area (Å²) in [4.78, 5) is 30.7. The Bertz CT molecular complexity index is 1030. The average molecular weight is 391 g/mol. The van der Waals surface area contributed by atoms with Gasteiger partial charge in [0, 0.05) is 16.9 Å². The molecule has 2 heterocycles. The van der Waals surface area contributed by atoms with Crippen LogP contribution in [0.5, 0.6) is 0 Å². The lowest BCUT2D eigenvalue weighted by molar-refractivity contribution is -0.137. The average Bonchev–Trinajstić information content (AvgIpc) is 3.03. The van der Waals surface area contributed by atoms with Gasteiger partial charge in [0.1, 0.15) is 5.39 Å². The predicted octanol–water partition coefficient (Wildman–Crippen LogP) is 2.97. The van der Waals surface area contributed by atoms with Gasteiger partial charge in [-0.2, -0.15) is 5.10 Å². The van der Waals surface area contributed by atoms with Gasteiger partial charge in [0.2, 0.25) is 0 Å². The molecule has 0 aliphatic rings. The molecule has 1 aromatic carbocycles. The van der Waals surface area contributed by atoms with Crippen molar-refractivity contribution in [3.05, 3.63) is 58.0 Å². The number of halogens is 1. The highest BCUT2D eigenvalue weighted by atomic mass is 35.5. The summed E-state index contributed by atoms with van der Waals surface area (Å²) in [6, 6.07) is 7.13. The summed E-state index contributed by atoms with van der Waals surface area (Å²) in [6.45, 7) is 2.07. The number of aromatic amines is 1. The van der Waals surface area contributed by atoms with Crippen molar-refractivity contribution in [2.75, 3.05) is 12.4 Å². The number of nitrogens with one attached hydrogen (secondary N) is 1. The molecule has 0 unspecified atom stereocenters. The Kier molecular flexibility index (Phi) is 5.75. The molecule has 0 amide bonds. The second kappa shape index (κ2) is 8.20. The van der Waals surface area contributed by atoms with Gasteiger partial charge in [-0.1, -0.05) is 35.5 Å². The van der Waals surface area contributed by atoms with E-state index in [1.54, 1.807) is 35.9 Å². The zero-order valence-corrected chi connectivity index (χ0v) is 15.4. The van der Waals surface area contributed by atoms with Crippen LogP contribution >= 0.6 is 23.4 Å². The van der Waals surface area contributed by atoms with Crippen molar-refractivity contribution in [1.82, 2.24) is 19.7 Å². The quantitative estimate of drug-likeness (QED) is 0.301. The van der Waals surface area contributed by atoms with Gasteiger partial charge >= 0.3 is 5.97 Å². The molecule has 0 aliphatic carbocycles. The molecule has 0 saturated carbocycles. The van der Waals surface area contributed by atoms with Crippen LogP contribution in [0.2, 0.25) is 5.02 Å². The van der Waals surface area contributed by atoms with Gasteiger partial charge < -0.3 is 9.72 Å². The summed E-state index contributed by atoms with van der Waals surface area (Å²) in [7, 11) is 0. The first-order chi connectivity index (χ1) is 12.6. The second-order valence-corrected chi connectivity index (χ2v) is 6.56.